The van der Waals surface area contributed by atoms with Gasteiger partial charge in [0, 0.05) is 19.3 Å². The Morgan fingerprint density at radius 1 is 1.00 bits per heavy atom. The largest absolute Gasteiger partial charge is 0.301 e. The molecule has 10 heteroatoms. The monoisotopic (exact) mass is 442 g/mol. The van der Waals surface area contributed by atoms with Crippen LogP contribution in [0.15, 0.2) is 30.3 Å². The molecule has 0 aliphatic heterocycles. The Kier molecular flexibility index (Phi) is 6.44. The van der Waals surface area contributed by atoms with Crippen LogP contribution in [0.5, 0.6) is 0 Å². The van der Waals surface area contributed by atoms with Gasteiger partial charge in [0.1, 0.15) is 10.0 Å². The molecule has 1 fully saturated rings. The van der Waals surface area contributed by atoms with E-state index in [-0.39, 0.29) is 11.8 Å². The summed E-state index contributed by atoms with van der Waals surface area (Å²) < 4.78 is 0. The van der Waals surface area contributed by atoms with E-state index in [0.29, 0.717) is 28.5 Å². The van der Waals surface area contributed by atoms with Gasteiger partial charge >= 0.3 is 0 Å². The molecule has 0 bridgehead atoms. The molecule has 3 aromatic rings. The maximum atomic E-state index is 12.2. The zero-order valence-corrected chi connectivity index (χ0v) is 18.1. The molecule has 1 aliphatic carbocycles. The third kappa shape index (κ3) is 5.45. The van der Waals surface area contributed by atoms with Crippen molar-refractivity contribution < 1.29 is 9.59 Å². The van der Waals surface area contributed by atoms with Crippen LogP contribution in [0, 0.1) is 5.92 Å². The Morgan fingerprint density at radius 3 is 2.57 bits per heavy atom. The lowest BCUT2D eigenvalue weighted by Gasteiger charge is -2.06. The van der Waals surface area contributed by atoms with Gasteiger partial charge in [-0.15, -0.1) is 20.4 Å². The van der Waals surface area contributed by atoms with E-state index in [1.807, 2.05) is 30.3 Å². The Morgan fingerprint density at radius 2 is 1.77 bits per heavy atom. The molecular formula is C20H22N6O2S2. The highest BCUT2D eigenvalue weighted by atomic mass is 32.1. The molecule has 1 aromatic carbocycles. The number of nitrogens with one attached hydrogen (secondary N) is 2. The van der Waals surface area contributed by atoms with Crippen LogP contribution in [0.4, 0.5) is 10.3 Å². The molecule has 2 aromatic heterocycles. The third-order valence-electron chi connectivity index (χ3n) is 5.00. The zero-order chi connectivity index (χ0) is 20.9. The summed E-state index contributed by atoms with van der Waals surface area (Å²) in [7, 11) is 0. The molecule has 1 aliphatic rings. The summed E-state index contributed by atoms with van der Waals surface area (Å²) in [6, 6.07) is 9.64. The lowest BCUT2D eigenvalue weighted by molar-refractivity contribution is -0.116. The van der Waals surface area contributed by atoms with Gasteiger partial charge in [-0.2, -0.15) is 0 Å². The van der Waals surface area contributed by atoms with Crippen LogP contribution in [0.2, 0.25) is 0 Å². The lowest BCUT2D eigenvalue weighted by atomic mass is 10.0. The van der Waals surface area contributed by atoms with E-state index in [0.717, 1.165) is 41.3 Å². The summed E-state index contributed by atoms with van der Waals surface area (Å²) in [5, 5.41) is 25.2. The van der Waals surface area contributed by atoms with Crippen molar-refractivity contribution >= 4 is 44.8 Å². The minimum absolute atomic E-state index is 0.0838. The molecule has 0 unspecified atom stereocenters. The van der Waals surface area contributed by atoms with Crippen LogP contribution in [0.1, 0.15) is 47.7 Å². The quantitative estimate of drug-likeness (QED) is 0.578. The molecule has 0 saturated heterocycles. The van der Waals surface area contributed by atoms with Gasteiger partial charge in [-0.25, -0.2) is 0 Å². The molecule has 156 valence electrons. The molecule has 4 rings (SSSR count). The van der Waals surface area contributed by atoms with Crippen molar-refractivity contribution in [2.75, 3.05) is 10.6 Å². The summed E-state index contributed by atoms with van der Waals surface area (Å²) in [4.78, 5) is 23.3. The van der Waals surface area contributed by atoms with Crippen molar-refractivity contribution in [3.63, 3.8) is 0 Å². The average Bonchev–Trinajstić information content (AvgIpc) is 3.44. The Hall–Kier alpha value is -2.72. The van der Waals surface area contributed by atoms with Crippen molar-refractivity contribution in [1.82, 2.24) is 20.4 Å². The molecule has 2 heterocycles. The number of rotatable bonds is 7. The molecule has 0 spiro atoms. The van der Waals surface area contributed by atoms with Crippen LogP contribution in [-0.4, -0.2) is 32.2 Å². The summed E-state index contributed by atoms with van der Waals surface area (Å²) in [5.74, 6) is 0.643. The van der Waals surface area contributed by atoms with Gasteiger partial charge < -0.3 is 10.6 Å². The van der Waals surface area contributed by atoms with Crippen LogP contribution in [0.25, 0.3) is 0 Å². The normalized spacial score (nSPS) is 18.3. The van der Waals surface area contributed by atoms with E-state index in [4.69, 9.17) is 0 Å². The predicted octanol–water partition coefficient (Wildman–Crippen LogP) is 3.66. The fourth-order valence-corrected chi connectivity index (χ4v) is 5.47. The molecule has 2 atom stereocenters. The molecular weight excluding hydrogens is 420 g/mol. The molecule has 30 heavy (non-hydrogen) atoms. The van der Waals surface area contributed by atoms with Crippen LogP contribution in [0.3, 0.4) is 0 Å². The Bertz CT molecular complexity index is 1020. The predicted molar refractivity (Wildman–Crippen MR) is 117 cm³/mol. The zero-order valence-electron chi connectivity index (χ0n) is 16.5. The first kappa shape index (κ1) is 20.5. The number of amides is 2. The van der Waals surface area contributed by atoms with Gasteiger partial charge in [-0.05, 0) is 30.7 Å². The van der Waals surface area contributed by atoms with Gasteiger partial charge in [0.2, 0.25) is 22.1 Å². The second-order valence-electron chi connectivity index (χ2n) is 7.42. The number of carbonyl (C=O) groups excluding carboxylic acids is 2. The minimum atomic E-state index is -0.137. The van der Waals surface area contributed by atoms with Gasteiger partial charge in [-0.1, -0.05) is 53.0 Å². The van der Waals surface area contributed by atoms with Crippen molar-refractivity contribution in [2.24, 2.45) is 5.92 Å². The van der Waals surface area contributed by atoms with E-state index in [1.165, 1.54) is 29.6 Å². The third-order valence-corrected chi connectivity index (χ3v) is 6.86. The minimum Gasteiger partial charge on any atom is -0.301 e. The summed E-state index contributed by atoms with van der Waals surface area (Å²) >= 11 is 2.89. The van der Waals surface area contributed by atoms with E-state index < -0.39 is 0 Å². The smallest absolute Gasteiger partial charge is 0.230 e. The Balaban J connectivity index is 1.28. The molecule has 2 amide bonds. The van der Waals surface area contributed by atoms with E-state index in [2.05, 4.69) is 31.0 Å². The van der Waals surface area contributed by atoms with E-state index in [9.17, 15) is 9.59 Å². The van der Waals surface area contributed by atoms with Crippen LogP contribution in [-0.2, 0) is 22.4 Å². The number of hydrogen-bond acceptors (Lipinski definition) is 8. The first-order valence-corrected chi connectivity index (χ1v) is 11.5. The maximum absolute atomic E-state index is 12.2. The fourth-order valence-electron chi connectivity index (χ4n) is 3.66. The number of aromatic nitrogens is 4. The Labute approximate surface area is 182 Å². The average molecular weight is 443 g/mol. The van der Waals surface area contributed by atoms with E-state index >= 15 is 0 Å². The number of hydrogen-bond donors (Lipinski definition) is 2. The standard InChI is InChI=1S/C20H22N6O2S2/c1-12(27)21-19-25-23-17(29-19)11-14-7-8-15(9-14)18-24-26-20(30-18)22-16(28)10-13-5-3-2-4-6-13/h2-6,14-15H,7-11H2,1H3,(H,21,25,27)(H,22,26,28)/t14-,15+/m1/s1. The van der Waals surface area contributed by atoms with E-state index in [1.54, 1.807) is 0 Å². The SMILES string of the molecule is CC(=O)Nc1nnc(C[C@@H]2CC[C@H](c3nnc(NC(=O)Cc4ccccc4)s3)C2)s1. The fraction of sp³-hybridized carbons (Fsp3) is 0.400. The molecule has 1 saturated carbocycles. The number of anilines is 2. The highest BCUT2D eigenvalue weighted by Crippen LogP contribution is 2.41. The van der Waals surface area contributed by atoms with Gasteiger partial charge in [-0.3, -0.25) is 9.59 Å². The van der Waals surface area contributed by atoms with Crippen LogP contribution >= 0.6 is 22.7 Å². The van der Waals surface area contributed by atoms with Gasteiger partial charge in [0.25, 0.3) is 0 Å². The number of carbonyl (C=O) groups is 2. The lowest BCUT2D eigenvalue weighted by Crippen LogP contribution is -2.14. The van der Waals surface area contributed by atoms with Gasteiger partial charge in [0.05, 0.1) is 6.42 Å². The van der Waals surface area contributed by atoms with Gasteiger partial charge in [0.15, 0.2) is 0 Å². The molecule has 0 radical (unpaired) electrons. The number of nitrogens with zero attached hydrogens (tertiary/aromatic N) is 4. The van der Waals surface area contributed by atoms with Crippen molar-refractivity contribution in [1.29, 1.82) is 0 Å². The first-order chi connectivity index (χ1) is 14.5. The second kappa shape index (κ2) is 9.40. The highest BCUT2D eigenvalue weighted by Gasteiger charge is 2.29. The highest BCUT2D eigenvalue weighted by molar-refractivity contribution is 7.15. The maximum Gasteiger partial charge on any atom is 0.230 e. The molecule has 8 nitrogen and oxygen atoms in total. The summed E-state index contributed by atoms with van der Waals surface area (Å²) in [5.41, 5.74) is 0.969. The molecule has 2 N–H and O–H groups in total. The topological polar surface area (TPSA) is 110 Å². The second-order valence-corrected chi connectivity index (χ2v) is 9.49. The summed E-state index contributed by atoms with van der Waals surface area (Å²) in [6.45, 7) is 1.46. The first-order valence-electron chi connectivity index (χ1n) is 9.82. The van der Waals surface area contributed by atoms with Crippen molar-refractivity contribution in [3.05, 3.63) is 45.9 Å². The van der Waals surface area contributed by atoms with Crippen molar-refractivity contribution in [3.8, 4) is 0 Å². The van der Waals surface area contributed by atoms with Crippen LogP contribution < -0.4 is 10.6 Å². The number of benzene rings is 1. The summed E-state index contributed by atoms with van der Waals surface area (Å²) in [6.07, 6.45) is 4.34. The van der Waals surface area contributed by atoms with Crippen molar-refractivity contribution in [2.45, 2.75) is 44.9 Å².